The van der Waals surface area contributed by atoms with E-state index in [9.17, 15) is 14.7 Å². The van der Waals surface area contributed by atoms with Gasteiger partial charge in [-0.1, -0.05) is 35.3 Å². The summed E-state index contributed by atoms with van der Waals surface area (Å²) in [6.45, 7) is 0.266. The van der Waals surface area contributed by atoms with Gasteiger partial charge in [0.2, 0.25) is 0 Å². The third kappa shape index (κ3) is 5.54. The molecular formula is C18H16Cl2O6. The minimum Gasteiger partial charge on any atom is -0.492 e. The van der Waals surface area contributed by atoms with Crippen LogP contribution in [0.4, 0.5) is 0 Å². The van der Waals surface area contributed by atoms with E-state index in [1.807, 2.05) is 0 Å². The predicted octanol–water partition coefficient (Wildman–Crippen LogP) is 4.38. The molecule has 2 aromatic rings. The quantitative estimate of drug-likeness (QED) is 0.608. The minimum atomic E-state index is -1.15. The van der Waals surface area contributed by atoms with Gasteiger partial charge in [-0.05, 0) is 43.2 Å². The zero-order chi connectivity index (χ0) is 19.1. The van der Waals surface area contributed by atoms with Crippen LogP contribution in [0, 0.1) is 0 Å². The Labute approximate surface area is 159 Å². The zero-order valence-corrected chi connectivity index (χ0v) is 15.0. The van der Waals surface area contributed by atoms with E-state index < -0.39 is 18.0 Å². The van der Waals surface area contributed by atoms with Gasteiger partial charge >= 0.3 is 11.9 Å². The monoisotopic (exact) mass is 398 g/mol. The average Bonchev–Trinajstić information content (AvgIpc) is 2.59. The summed E-state index contributed by atoms with van der Waals surface area (Å²) < 4.78 is 10.9. The fourth-order valence-corrected chi connectivity index (χ4v) is 2.54. The molecule has 2 rings (SSSR count). The number of hydrogen-bond acceptors (Lipinski definition) is 4. The Bertz CT molecular complexity index is 793. The Morgan fingerprint density at radius 3 is 2.35 bits per heavy atom. The Balaban J connectivity index is 1.92. The molecule has 0 amide bonds. The van der Waals surface area contributed by atoms with Crippen LogP contribution in [0.2, 0.25) is 10.0 Å². The fourth-order valence-electron chi connectivity index (χ4n) is 2.13. The van der Waals surface area contributed by atoms with Crippen LogP contribution in [0.3, 0.4) is 0 Å². The molecule has 0 heterocycles. The molecule has 2 aromatic carbocycles. The van der Waals surface area contributed by atoms with Gasteiger partial charge in [0.15, 0.2) is 6.10 Å². The molecule has 0 aromatic heterocycles. The van der Waals surface area contributed by atoms with Crippen molar-refractivity contribution in [2.45, 2.75) is 18.9 Å². The molecule has 1 atom stereocenters. The lowest BCUT2D eigenvalue weighted by Gasteiger charge is -2.16. The molecule has 2 N–H and O–H groups in total. The van der Waals surface area contributed by atoms with E-state index in [2.05, 4.69) is 0 Å². The number of ether oxygens (including phenoxy) is 2. The van der Waals surface area contributed by atoms with E-state index in [1.165, 1.54) is 18.2 Å². The molecule has 0 bridgehead atoms. The zero-order valence-electron chi connectivity index (χ0n) is 13.5. The summed E-state index contributed by atoms with van der Waals surface area (Å²) >= 11 is 11.9. The highest BCUT2D eigenvalue weighted by molar-refractivity contribution is 6.32. The number of halogens is 2. The van der Waals surface area contributed by atoms with E-state index in [0.29, 0.717) is 17.2 Å². The number of rotatable bonds is 9. The van der Waals surface area contributed by atoms with Gasteiger partial charge in [0.25, 0.3) is 0 Å². The molecule has 8 heteroatoms. The van der Waals surface area contributed by atoms with Crippen molar-refractivity contribution in [3.8, 4) is 11.5 Å². The first-order valence-corrected chi connectivity index (χ1v) is 8.43. The van der Waals surface area contributed by atoms with Crippen LogP contribution in [0.1, 0.15) is 23.2 Å². The fraction of sp³-hybridized carbons (Fsp3) is 0.222. The molecular weight excluding hydrogens is 383 g/mol. The molecule has 0 saturated carbocycles. The summed E-state index contributed by atoms with van der Waals surface area (Å²) in [6, 6.07) is 10.8. The van der Waals surface area contributed by atoms with Crippen molar-refractivity contribution in [3.63, 3.8) is 0 Å². The van der Waals surface area contributed by atoms with Crippen molar-refractivity contribution in [1.82, 2.24) is 0 Å². The first-order chi connectivity index (χ1) is 12.4. The van der Waals surface area contributed by atoms with Gasteiger partial charge in [0.05, 0.1) is 22.2 Å². The number of aliphatic carboxylic acids is 1. The molecule has 0 aliphatic heterocycles. The summed E-state index contributed by atoms with van der Waals surface area (Å²) in [5, 5.41) is 18.7. The highest BCUT2D eigenvalue weighted by Gasteiger charge is 2.21. The molecule has 0 aliphatic rings. The van der Waals surface area contributed by atoms with Gasteiger partial charge in [0.1, 0.15) is 11.5 Å². The second kappa shape index (κ2) is 9.31. The number of carboxylic acid groups (broad SMARTS) is 2. The number of carboxylic acids is 2. The van der Waals surface area contributed by atoms with Crippen LogP contribution >= 0.6 is 23.2 Å². The second-order valence-corrected chi connectivity index (χ2v) is 6.13. The second-order valence-electron chi connectivity index (χ2n) is 5.32. The predicted molar refractivity (Wildman–Crippen MR) is 96.6 cm³/mol. The molecule has 0 saturated heterocycles. The van der Waals surface area contributed by atoms with Gasteiger partial charge in [-0.15, -0.1) is 0 Å². The molecule has 6 nitrogen and oxygen atoms in total. The maximum absolute atomic E-state index is 11.4. The van der Waals surface area contributed by atoms with Gasteiger partial charge in [-0.25, -0.2) is 9.59 Å². The Morgan fingerprint density at radius 2 is 1.73 bits per heavy atom. The van der Waals surface area contributed by atoms with Crippen molar-refractivity contribution in [1.29, 1.82) is 0 Å². The number of aromatic carboxylic acids is 1. The van der Waals surface area contributed by atoms with Crippen LogP contribution in [0.5, 0.6) is 11.5 Å². The van der Waals surface area contributed by atoms with Gasteiger partial charge < -0.3 is 19.7 Å². The number of benzene rings is 2. The Morgan fingerprint density at radius 1 is 1.00 bits per heavy atom. The number of hydrogen-bond donors (Lipinski definition) is 2. The lowest BCUT2D eigenvalue weighted by molar-refractivity contribution is -0.145. The summed E-state index contributed by atoms with van der Waals surface area (Å²) in [5.41, 5.74) is -0.0117. The first-order valence-electron chi connectivity index (χ1n) is 7.68. The van der Waals surface area contributed by atoms with E-state index >= 15 is 0 Å². The average molecular weight is 399 g/mol. The van der Waals surface area contributed by atoms with Gasteiger partial charge in [-0.2, -0.15) is 0 Å². The maximum atomic E-state index is 11.4. The standard InChI is InChI=1S/C18H16Cl2O6/c19-12-4-1-2-5-14(12)25-9-3-6-16(18(23)24)26-15-8-7-11(17(21)22)10-13(15)20/h1-2,4-5,7-8,10,16H,3,6,9H2,(H,21,22)(H,23,24). The highest BCUT2D eigenvalue weighted by Crippen LogP contribution is 2.27. The third-order valence-corrected chi connectivity index (χ3v) is 4.04. The van der Waals surface area contributed by atoms with Crippen LogP contribution < -0.4 is 9.47 Å². The van der Waals surface area contributed by atoms with Crippen LogP contribution in [0.15, 0.2) is 42.5 Å². The van der Waals surface area contributed by atoms with Crippen LogP contribution in [-0.2, 0) is 4.79 Å². The van der Waals surface area contributed by atoms with E-state index in [4.69, 9.17) is 37.8 Å². The van der Waals surface area contributed by atoms with E-state index in [-0.39, 0.29) is 29.4 Å². The van der Waals surface area contributed by atoms with Gasteiger partial charge in [0, 0.05) is 0 Å². The van der Waals surface area contributed by atoms with Crippen molar-refractivity contribution in [3.05, 3.63) is 58.1 Å². The molecule has 0 spiro atoms. The van der Waals surface area contributed by atoms with Gasteiger partial charge in [-0.3, -0.25) is 0 Å². The summed E-state index contributed by atoms with van der Waals surface area (Å²) in [6.07, 6.45) is -0.554. The topological polar surface area (TPSA) is 93.1 Å². The van der Waals surface area contributed by atoms with Crippen LogP contribution in [-0.4, -0.2) is 34.9 Å². The smallest absolute Gasteiger partial charge is 0.344 e. The van der Waals surface area contributed by atoms with Crippen molar-refractivity contribution in [2.75, 3.05) is 6.61 Å². The largest absolute Gasteiger partial charge is 0.492 e. The molecule has 138 valence electrons. The molecule has 0 fully saturated rings. The molecule has 1 unspecified atom stereocenters. The summed E-state index contributed by atoms with van der Waals surface area (Å²) in [7, 11) is 0. The Kier molecular flexibility index (Phi) is 7.12. The minimum absolute atomic E-state index is 0.0117. The molecule has 0 aliphatic carbocycles. The van der Waals surface area contributed by atoms with Crippen LogP contribution in [0.25, 0.3) is 0 Å². The lowest BCUT2D eigenvalue weighted by Crippen LogP contribution is -2.27. The maximum Gasteiger partial charge on any atom is 0.344 e. The Hall–Kier alpha value is -2.44. The lowest BCUT2D eigenvalue weighted by atomic mass is 10.2. The van der Waals surface area contributed by atoms with E-state index in [1.54, 1.807) is 24.3 Å². The van der Waals surface area contributed by atoms with Crippen molar-refractivity contribution < 1.29 is 29.3 Å². The van der Waals surface area contributed by atoms with E-state index in [0.717, 1.165) is 0 Å². The van der Waals surface area contributed by atoms with Crippen molar-refractivity contribution in [2.24, 2.45) is 0 Å². The summed E-state index contributed by atoms with van der Waals surface area (Å²) in [5.74, 6) is -1.66. The SMILES string of the molecule is O=C(O)c1ccc(OC(CCCOc2ccccc2Cl)C(=O)O)c(Cl)c1. The van der Waals surface area contributed by atoms with Crippen molar-refractivity contribution >= 4 is 35.1 Å². The first kappa shape index (κ1) is 19.9. The number of para-hydroxylation sites is 1. The molecule has 0 radical (unpaired) electrons. The highest BCUT2D eigenvalue weighted by atomic mass is 35.5. The number of carbonyl (C=O) groups is 2. The molecule has 26 heavy (non-hydrogen) atoms. The summed E-state index contributed by atoms with van der Waals surface area (Å²) in [4.78, 5) is 22.3. The third-order valence-electron chi connectivity index (χ3n) is 3.43. The normalized spacial score (nSPS) is 11.6.